The van der Waals surface area contributed by atoms with E-state index in [4.69, 9.17) is 5.73 Å². The highest BCUT2D eigenvalue weighted by Crippen LogP contribution is 2.28. The van der Waals surface area contributed by atoms with Crippen LogP contribution in [0, 0.1) is 5.82 Å². The van der Waals surface area contributed by atoms with Gasteiger partial charge in [-0.2, -0.15) is 0 Å². The Kier molecular flexibility index (Phi) is 4.02. The molecule has 0 bridgehead atoms. The predicted molar refractivity (Wildman–Crippen MR) is 72.3 cm³/mol. The Hall–Kier alpha value is -1.07. The first-order valence-corrected chi connectivity index (χ1v) is 6.71. The Morgan fingerprint density at radius 3 is 2.94 bits per heavy atom. The predicted octanol–water partition coefficient (Wildman–Crippen LogP) is 3.86. The summed E-state index contributed by atoms with van der Waals surface area (Å²) in [6.07, 6.45) is 3.27. The van der Waals surface area contributed by atoms with Crippen LogP contribution in [0.3, 0.4) is 0 Å². The van der Waals surface area contributed by atoms with Crippen molar-refractivity contribution in [2.24, 2.45) is 0 Å². The Balaban J connectivity index is 2.12. The molecule has 0 saturated heterocycles. The van der Waals surface area contributed by atoms with Crippen molar-refractivity contribution < 1.29 is 4.39 Å². The molecule has 1 heterocycles. The van der Waals surface area contributed by atoms with Gasteiger partial charge in [-0.05, 0) is 29.8 Å². The Morgan fingerprint density at radius 1 is 1.35 bits per heavy atom. The summed E-state index contributed by atoms with van der Waals surface area (Å²) in [6, 6.07) is 6.75. The van der Waals surface area contributed by atoms with Crippen molar-refractivity contribution in [2.75, 3.05) is 5.73 Å². The zero-order valence-corrected chi connectivity index (χ0v) is 11.3. The summed E-state index contributed by atoms with van der Waals surface area (Å²) >= 11 is 4.82. The second kappa shape index (κ2) is 5.51. The summed E-state index contributed by atoms with van der Waals surface area (Å²) in [4.78, 5) is 4.83. The lowest BCUT2D eigenvalue weighted by Gasteiger charge is -2.06. The van der Waals surface area contributed by atoms with E-state index in [1.54, 1.807) is 24.5 Å². The fraction of sp³-hybridized carbons (Fsp3) is 0.0833. The monoisotopic (exact) mass is 312 g/mol. The number of aromatic nitrogens is 1. The molecular weight excluding hydrogens is 303 g/mol. The van der Waals surface area contributed by atoms with E-state index in [0.29, 0.717) is 17.0 Å². The third kappa shape index (κ3) is 3.20. The zero-order chi connectivity index (χ0) is 12.3. The molecule has 17 heavy (non-hydrogen) atoms. The largest absolute Gasteiger partial charge is 0.397 e. The fourth-order valence-corrected chi connectivity index (χ4v) is 2.65. The van der Waals surface area contributed by atoms with Crippen molar-refractivity contribution in [3.05, 3.63) is 52.5 Å². The average molecular weight is 313 g/mol. The van der Waals surface area contributed by atoms with Crippen LogP contribution in [0.2, 0.25) is 0 Å². The smallest absolute Gasteiger partial charge is 0.127 e. The quantitative estimate of drug-likeness (QED) is 0.875. The van der Waals surface area contributed by atoms with Gasteiger partial charge in [0.2, 0.25) is 0 Å². The van der Waals surface area contributed by atoms with Gasteiger partial charge in [-0.15, -0.1) is 11.8 Å². The molecule has 0 unspecified atom stereocenters. The Morgan fingerprint density at radius 2 is 2.18 bits per heavy atom. The van der Waals surface area contributed by atoms with Crippen molar-refractivity contribution in [3.8, 4) is 0 Å². The van der Waals surface area contributed by atoms with Crippen LogP contribution in [0.1, 0.15) is 5.56 Å². The molecule has 1 aromatic heterocycles. The number of halogens is 2. The molecule has 1 aromatic carbocycles. The van der Waals surface area contributed by atoms with E-state index < -0.39 is 0 Å². The van der Waals surface area contributed by atoms with Crippen LogP contribution < -0.4 is 5.73 Å². The third-order valence-electron chi connectivity index (χ3n) is 2.20. The normalized spacial score (nSPS) is 10.5. The summed E-state index contributed by atoms with van der Waals surface area (Å²) in [6.45, 7) is 0. The molecule has 0 aliphatic heterocycles. The molecule has 5 heteroatoms. The van der Waals surface area contributed by atoms with E-state index in [-0.39, 0.29) is 5.82 Å². The van der Waals surface area contributed by atoms with Gasteiger partial charge in [0.1, 0.15) is 5.82 Å². The molecule has 2 N–H and O–H groups in total. The second-order valence-electron chi connectivity index (χ2n) is 3.44. The van der Waals surface area contributed by atoms with Crippen LogP contribution in [0.5, 0.6) is 0 Å². The molecule has 0 aliphatic carbocycles. The first kappa shape index (κ1) is 12.4. The minimum absolute atomic E-state index is 0.201. The number of rotatable bonds is 3. The lowest BCUT2D eigenvalue weighted by molar-refractivity contribution is 0.617. The second-order valence-corrected chi connectivity index (χ2v) is 5.37. The highest BCUT2D eigenvalue weighted by atomic mass is 79.9. The molecule has 88 valence electrons. The number of benzene rings is 1. The molecule has 0 saturated carbocycles. The maximum absolute atomic E-state index is 13.5. The zero-order valence-electron chi connectivity index (χ0n) is 8.86. The van der Waals surface area contributed by atoms with Crippen molar-refractivity contribution in [3.63, 3.8) is 0 Å². The molecule has 0 radical (unpaired) electrons. The standard InChI is InChI=1S/C12H10BrFN2S/c13-9-1-2-10(14)8(5-9)7-17-12-3-4-16-6-11(12)15/h1-6H,7,15H2. The average Bonchev–Trinajstić information content (AvgIpc) is 2.32. The SMILES string of the molecule is Nc1cnccc1SCc1cc(Br)ccc1F. The van der Waals surface area contributed by atoms with Crippen molar-refractivity contribution in [1.82, 2.24) is 4.98 Å². The van der Waals surface area contributed by atoms with E-state index in [9.17, 15) is 4.39 Å². The number of thioether (sulfide) groups is 1. The minimum Gasteiger partial charge on any atom is -0.397 e. The van der Waals surface area contributed by atoms with Crippen LogP contribution in [0.4, 0.5) is 10.1 Å². The summed E-state index contributed by atoms with van der Waals surface area (Å²) in [7, 11) is 0. The first-order chi connectivity index (χ1) is 8.16. The summed E-state index contributed by atoms with van der Waals surface area (Å²) in [5.41, 5.74) is 7.04. The molecule has 2 rings (SSSR count). The van der Waals surface area contributed by atoms with Gasteiger partial charge in [0.05, 0.1) is 11.9 Å². The molecule has 0 aliphatic rings. The number of pyridine rings is 1. The maximum atomic E-state index is 13.5. The van der Waals surface area contributed by atoms with Crippen molar-refractivity contribution in [1.29, 1.82) is 0 Å². The number of nitrogens with zero attached hydrogens (tertiary/aromatic N) is 1. The van der Waals surface area contributed by atoms with Gasteiger partial charge < -0.3 is 5.73 Å². The molecule has 0 spiro atoms. The fourth-order valence-electron chi connectivity index (χ4n) is 1.33. The van der Waals surface area contributed by atoms with Gasteiger partial charge in [0, 0.05) is 21.3 Å². The summed E-state index contributed by atoms with van der Waals surface area (Å²) in [5.74, 6) is 0.341. The van der Waals surface area contributed by atoms with Gasteiger partial charge in [-0.1, -0.05) is 15.9 Å². The van der Waals surface area contributed by atoms with E-state index in [1.165, 1.54) is 17.8 Å². The Labute approximate surface area is 112 Å². The topological polar surface area (TPSA) is 38.9 Å². The number of nitrogens with two attached hydrogens (primary N) is 1. The Bertz CT molecular complexity index is 534. The molecule has 0 amide bonds. The van der Waals surface area contributed by atoms with Gasteiger partial charge >= 0.3 is 0 Å². The number of nitrogen functional groups attached to an aromatic ring is 1. The van der Waals surface area contributed by atoms with Crippen LogP contribution in [-0.4, -0.2) is 4.98 Å². The molecule has 2 nitrogen and oxygen atoms in total. The van der Waals surface area contributed by atoms with E-state index in [0.717, 1.165) is 9.37 Å². The molecule has 0 fully saturated rings. The highest BCUT2D eigenvalue weighted by molar-refractivity contribution is 9.10. The lowest BCUT2D eigenvalue weighted by Crippen LogP contribution is -1.91. The third-order valence-corrected chi connectivity index (χ3v) is 3.83. The van der Waals surface area contributed by atoms with Crippen molar-refractivity contribution >= 4 is 33.4 Å². The van der Waals surface area contributed by atoms with Gasteiger partial charge in [-0.25, -0.2) is 4.39 Å². The van der Waals surface area contributed by atoms with Crippen LogP contribution in [0.25, 0.3) is 0 Å². The maximum Gasteiger partial charge on any atom is 0.127 e. The summed E-state index contributed by atoms with van der Waals surface area (Å²) < 4.78 is 14.4. The van der Waals surface area contributed by atoms with Crippen LogP contribution >= 0.6 is 27.7 Å². The van der Waals surface area contributed by atoms with Gasteiger partial charge in [0.15, 0.2) is 0 Å². The van der Waals surface area contributed by atoms with E-state index >= 15 is 0 Å². The molecule has 0 atom stereocenters. The molecule has 2 aromatic rings. The van der Waals surface area contributed by atoms with Crippen LogP contribution in [0.15, 0.2) is 46.0 Å². The molecular formula is C12H10BrFN2S. The van der Waals surface area contributed by atoms with Gasteiger partial charge in [-0.3, -0.25) is 4.98 Å². The van der Waals surface area contributed by atoms with Gasteiger partial charge in [0.25, 0.3) is 0 Å². The first-order valence-electron chi connectivity index (χ1n) is 4.93. The minimum atomic E-state index is -0.201. The highest BCUT2D eigenvalue weighted by Gasteiger charge is 2.05. The number of anilines is 1. The van der Waals surface area contributed by atoms with Crippen LogP contribution in [-0.2, 0) is 5.75 Å². The number of hydrogen-bond donors (Lipinski definition) is 1. The van der Waals surface area contributed by atoms with E-state index in [1.807, 2.05) is 6.07 Å². The lowest BCUT2D eigenvalue weighted by atomic mass is 10.2. The summed E-state index contributed by atoms with van der Waals surface area (Å²) in [5, 5.41) is 0. The van der Waals surface area contributed by atoms with Crippen molar-refractivity contribution in [2.45, 2.75) is 10.6 Å². The van der Waals surface area contributed by atoms with E-state index in [2.05, 4.69) is 20.9 Å². The number of hydrogen-bond acceptors (Lipinski definition) is 3.